The van der Waals surface area contributed by atoms with Crippen molar-refractivity contribution in [3.05, 3.63) is 0 Å². The number of unbranched alkanes of at least 4 members (excludes halogenated alkanes) is 3. The Balaban J connectivity index is 2.01. The molecule has 0 spiro atoms. The molecule has 1 aliphatic rings. The smallest absolute Gasteiger partial charge is 0.220 e. The van der Waals surface area contributed by atoms with E-state index in [9.17, 15) is 4.79 Å². The number of hydrogen-bond acceptors (Lipinski definition) is 2. The highest BCUT2D eigenvalue weighted by Gasteiger charge is 2.14. The highest BCUT2D eigenvalue weighted by Crippen LogP contribution is 2.05. The third-order valence-electron chi connectivity index (χ3n) is 2.96. The Morgan fingerprint density at radius 1 is 1.27 bits per heavy atom. The Labute approximate surface area is 93.0 Å². The number of rotatable bonds is 6. The third-order valence-corrected chi connectivity index (χ3v) is 2.96. The molecule has 0 aromatic heterocycles. The van der Waals surface area contributed by atoms with Crippen LogP contribution in [-0.2, 0) is 4.79 Å². The van der Waals surface area contributed by atoms with E-state index in [1.165, 1.54) is 19.3 Å². The summed E-state index contributed by atoms with van der Waals surface area (Å²) in [5, 5.41) is 6.41. The lowest BCUT2D eigenvalue weighted by Gasteiger charge is -2.23. The minimum atomic E-state index is 0.248. The Morgan fingerprint density at radius 3 is 2.67 bits per heavy atom. The van der Waals surface area contributed by atoms with Gasteiger partial charge in [-0.2, -0.15) is 0 Å². The average Bonchev–Trinajstić information content (AvgIpc) is 2.26. The molecule has 88 valence electrons. The molecule has 0 aromatic rings. The van der Waals surface area contributed by atoms with Gasteiger partial charge in [-0.15, -0.1) is 0 Å². The number of piperidine rings is 1. The van der Waals surface area contributed by atoms with Crippen LogP contribution in [0.3, 0.4) is 0 Å². The second-order valence-electron chi connectivity index (χ2n) is 4.40. The molecule has 0 radical (unpaired) electrons. The summed E-state index contributed by atoms with van der Waals surface area (Å²) in [7, 11) is 0. The molecule has 1 aliphatic heterocycles. The van der Waals surface area contributed by atoms with Gasteiger partial charge in [0.15, 0.2) is 0 Å². The van der Waals surface area contributed by atoms with Gasteiger partial charge in [-0.1, -0.05) is 26.2 Å². The molecule has 0 unspecified atom stereocenters. The fourth-order valence-corrected chi connectivity index (χ4v) is 1.98. The van der Waals surface area contributed by atoms with Crippen LogP contribution in [0.4, 0.5) is 0 Å². The predicted octanol–water partition coefficient (Wildman–Crippen LogP) is 1.82. The zero-order chi connectivity index (χ0) is 10.9. The Hall–Kier alpha value is -0.570. The molecule has 3 nitrogen and oxygen atoms in total. The van der Waals surface area contributed by atoms with Gasteiger partial charge in [-0.25, -0.2) is 0 Å². The maximum absolute atomic E-state index is 11.5. The molecule has 1 heterocycles. The molecule has 15 heavy (non-hydrogen) atoms. The molecular weight excluding hydrogens is 188 g/mol. The van der Waals surface area contributed by atoms with E-state index in [2.05, 4.69) is 17.6 Å². The fourth-order valence-electron chi connectivity index (χ4n) is 1.98. The number of hydrogen-bond donors (Lipinski definition) is 2. The maximum atomic E-state index is 11.5. The monoisotopic (exact) mass is 212 g/mol. The summed E-state index contributed by atoms with van der Waals surface area (Å²) in [6, 6.07) is 0.421. The first-order chi connectivity index (χ1) is 7.33. The summed E-state index contributed by atoms with van der Waals surface area (Å²) in [5.74, 6) is 0.248. The highest BCUT2D eigenvalue weighted by molar-refractivity contribution is 5.76. The molecule has 1 fully saturated rings. The summed E-state index contributed by atoms with van der Waals surface area (Å²) in [5.41, 5.74) is 0. The van der Waals surface area contributed by atoms with Crippen molar-refractivity contribution in [3.8, 4) is 0 Å². The lowest BCUT2D eigenvalue weighted by molar-refractivity contribution is -0.122. The normalized spacial score (nSPS) is 17.7. The molecular formula is C12H24N2O. The lowest BCUT2D eigenvalue weighted by Crippen LogP contribution is -2.42. The van der Waals surface area contributed by atoms with Crippen LogP contribution in [0.2, 0.25) is 0 Å². The van der Waals surface area contributed by atoms with Crippen molar-refractivity contribution >= 4 is 5.91 Å². The van der Waals surface area contributed by atoms with Crippen LogP contribution in [0, 0.1) is 0 Å². The van der Waals surface area contributed by atoms with Gasteiger partial charge in [0.2, 0.25) is 5.91 Å². The standard InChI is InChI=1S/C12H24N2O/c1-2-3-4-5-6-12(15)14-11-7-9-13-10-8-11/h11,13H,2-10H2,1H3,(H,14,15). The highest BCUT2D eigenvalue weighted by atomic mass is 16.1. The van der Waals surface area contributed by atoms with E-state index in [-0.39, 0.29) is 5.91 Å². The predicted molar refractivity (Wildman–Crippen MR) is 62.8 cm³/mol. The van der Waals surface area contributed by atoms with Crippen molar-refractivity contribution in [2.75, 3.05) is 13.1 Å². The second-order valence-corrected chi connectivity index (χ2v) is 4.40. The van der Waals surface area contributed by atoms with Crippen molar-refractivity contribution in [1.29, 1.82) is 0 Å². The summed E-state index contributed by atoms with van der Waals surface area (Å²) < 4.78 is 0. The quantitative estimate of drug-likeness (QED) is 0.659. The fraction of sp³-hybridized carbons (Fsp3) is 0.917. The van der Waals surface area contributed by atoms with Gasteiger partial charge in [-0.05, 0) is 32.4 Å². The second kappa shape index (κ2) is 7.69. The van der Waals surface area contributed by atoms with E-state index in [0.29, 0.717) is 12.5 Å². The van der Waals surface area contributed by atoms with Crippen molar-refractivity contribution in [2.24, 2.45) is 0 Å². The van der Waals surface area contributed by atoms with Crippen molar-refractivity contribution < 1.29 is 4.79 Å². The van der Waals surface area contributed by atoms with E-state index in [1.54, 1.807) is 0 Å². The molecule has 0 aliphatic carbocycles. The molecule has 0 atom stereocenters. The first-order valence-electron chi connectivity index (χ1n) is 6.33. The number of amides is 1. The van der Waals surface area contributed by atoms with Crippen molar-refractivity contribution in [1.82, 2.24) is 10.6 Å². The van der Waals surface area contributed by atoms with E-state index >= 15 is 0 Å². The Kier molecular flexibility index (Phi) is 6.41. The molecule has 0 bridgehead atoms. The molecule has 1 saturated heterocycles. The van der Waals surface area contributed by atoms with Gasteiger partial charge in [0, 0.05) is 12.5 Å². The Morgan fingerprint density at radius 2 is 2.00 bits per heavy atom. The van der Waals surface area contributed by atoms with Crippen LogP contribution in [0.15, 0.2) is 0 Å². The van der Waals surface area contributed by atoms with E-state index in [1.807, 2.05) is 0 Å². The number of nitrogens with one attached hydrogen (secondary N) is 2. The van der Waals surface area contributed by atoms with E-state index in [0.717, 1.165) is 32.4 Å². The van der Waals surface area contributed by atoms with Crippen molar-refractivity contribution in [3.63, 3.8) is 0 Å². The third kappa shape index (κ3) is 5.78. The van der Waals surface area contributed by atoms with Gasteiger partial charge in [0.1, 0.15) is 0 Å². The zero-order valence-corrected chi connectivity index (χ0v) is 9.85. The molecule has 0 aromatic carbocycles. The van der Waals surface area contributed by atoms with E-state index in [4.69, 9.17) is 0 Å². The minimum Gasteiger partial charge on any atom is -0.353 e. The molecule has 1 amide bonds. The average molecular weight is 212 g/mol. The van der Waals surface area contributed by atoms with Crippen LogP contribution in [0.25, 0.3) is 0 Å². The van der Waals surface area contributed by atoms with E-state index < -0.39 is 0 Å². The number of carbonyl (C=O) groups is 1. The van der Waals surface area contributed by atoms with Crippen molar-refractivity contribution in [2.45, 2.75) is 57.9 Å². The molecule has 3 heteroatoms. The largest absolute Gasteiger partial charge is 0.353 e. The van der Waals surface area contributed by atoms with Gasteiger partial charge < -0.3 is 10.6 Å². The van der Waals surface area contributed by atoms with Gasteiger partial charge in [-0.3, -0.25) is 4.79 Å². The van der Waals surface area contributed by atoms with Crippen LogP contribution in [0.1, 0.15) is 51.9 Å². The van der Waals surface area contributed by atoms with Crippen LogP contribution < -0.4 is 10.6 Å². The topological polar surface area (TPSA) is 41.1 Å². The van der Waals surface area contributed by atoms with Crippen LogP contribution in [-0.4, -0.2) is 25.0 Å². The molecule has 0 saturated carbocycles. The van der Waals surface area contributed by atoms with Gasteiger partial charge in [0.25, 0.3) is 0 Å². The summed E-state index contributed by atoms with van der Waals surface area (Å²) >= 11 is 0. The molecule has 1 rings (SSSR count). The van der Waals surface area contributed by atoms with Gasteiger partial charge >= 0.3 is 0 Å². The summed E-state index contributed by atoms with van der Waals surface area (Å²) in [6.07, 6.45) is 7.60. The maximum Gasteiger partial charge on any atom is 0.220 e. The van der Waals surface area contributed by atoms with Crippen LogP contribution in [0.5, 0.6) is 0 Å². The number of carbonyl (C=O) groups excluding carboxylic acids is 1. The first kappa shape index (κ1) is 12.5. The summed E-state index contributed by atoms with van der Waals surface area (Å²) in [6.45, 7) is 4.27. The zero-order valence-electron chi connectivity index (χ0n) is 9.85. The Bertz CT molecular complexity index is 176. The SMILES string of the molecule is CCCCCCC(=O)NC1CCNCC1. The first-order valence-corrected chi connectivity index (χ1v) is 6.33. The summed E-state index contributed by atoms with van der Waals surface area (Å²) in [4.78, 5) is 11.5. The van der Waals surface area contributed by atoms with Gasteiger partial charge in [0.05, 0.1) is 0 Å². The van der Waals surface area contributed by atoms with Crippen LogP contribution >= 0.6 is 0 Å². The minimum absolute atomic E-state index is 0.248. The lowest BCUT2D eigenvalue weighted by atomic mass is 10.1. The molecule has 2 N–H and O–H groups in total.